The average molecular weight is 508 g/mol. The minimum absolute atomic E-state index is 0. The van der Waals surface area contributed by atoms with Gasteiger partial charge in [0.15, 0.2) is 5.96 Å². The first-order valence-electron chi connectivity index (χ1n) is 8.31. The summed E-state index contributed by atoms with van der Waals surface area (Å²) in [5.74, 6) is 1.37. The number of benzene rings is 1. The second-order valence-corrected chi connectivity index (χ2v) is 7.50. The van der Waals surface area contributed by atoms with Gasteiger partial charge in [0.25, 0.3) is 0 Å². The molecule has 0 amide bonds. The lowest BCUT2D eigenvalue weighted by Crippen LogP contribution is -2.38. The summed E-state index contributed by atoms with van der Waals surface area (Å²) in [4.78, 5) is 9.11. The molecule has 0 atom stereocenters. The molecule has 8 heteroatoms. The molecular weight excluding hydrogens is 482 g/mol. The molecule has 26 heavy (non-hydrogen) atoms. The van der Waals surface area contributed by atoms with Gasteiger partial charge >= 0.3 is 0 Å². The first-order valence-corrected chi connectivity index (χ1v) is 10.6. The van der Waals surface area contributed by atoms with Crippen molar-refractivity contribution < 1.29 is 4.39 Å². The lowest BCUT2D eigenvalue weighted by Gasteiger charge is -2.12. The van der Waals surface area contributed by atoms with E-state index in [0.29, 0.717) is 6.54 Å². The van der Waals surface area contributed by atoms with Gasteiger partial charge in [-0.25, -0.2) is 14.4 Å². The highest BCUT2D eigenvalue weighted by molar-refractivity contribution is 14.0. The average Bonchev–Trinajstić information content (AvgIpc) is 2.99. The van der Waals surface area contributed by atoms with Crippen molar-refractivity contribution in [3.8, 4) is 0 Å². The van der Waals surface area contributed by atoms with Crippen LogP contribution in [0.4, 0.5) is 4.39 Å². The summed E-state index contributed by atoms with van der Waals surface area (Å²) in [5.41, 5.74) is 3.17. The number of aromatic nitrogens is 1. The first-order chi connectivity index (χ1) is 12.1. The van der Waals surface area contributed by atoms with Gasteiger partial charge in [-0.2, -0.15) is 11.8 Å². The van der Waals surface area contributed by atoms with Crippen LogP contribution in [0.1, 0.15) is 28.8 Å². The maximum atomic E-state index is 13.4. The molecule has 4 nitrogen and oxygen atoms in total. The van der Waals surface area contributed by atoms with E-state index in [2.05, 4.69) is 26.0 Å². The van der Waals surface area contributed by atoms with Gasteiger partial charge in [0, 0.05) is 30.6 Å². The molecule has 1 heterocycles. The third-order valence-corrected chi connectivity index (χ3v) is 4.98. The molecule has 0 aliphatic carbocycles. The van der Waals surface area contributed by atoms with Crippen LogP contribution in [0.2, 0.25) is 0 Å². The molecule has 0 bridgehead atoms. The minimum atomic E-state index is -0.194. The van der Waals surface area contributed by atoms with Crippen molar-refractivity contribution in [3.63, 3.8) is 0 Å². The number of guanidine groups is 1. The Morgan fingerprint density at radius 3 is 2.77 bits per heavy atom. The topological polar surface area (TPSA) is 49.3 Å². The van der Waals surface area contributed by atoms with Crippen LogP contribution in [-0.2, 0) is 18.7 Å². The zero-order chi connectivity index (χ0) is 18.1. The molecule has 0 radical (unpaired) electrons. The minimum Gasteiger partial charge on any atom is -0.357 e. The van der Waals surface area contributed by atoms with E-state index in [1.54, 1.807) is 29.2 Å². The van der Waals surface area contributed by atoms with Crippen LogP contribution in [0.3, 0.4) is 0 Å². The van der Waals surface area contributed by atoms with Gasteiger partial charge < -0.3 is 10.6 Å². The molecule has 1 aromatic carbocycles. The van der Waals surface area contributed by atoms with Gasteiger partial charge in [-0.1, -0.05) is 6.07 Å². The Bertz CT molecular complexity index is 706. The number of hydrogen-bond acceptors (Lipinski definition) is 4. The Hall–Kier alpha value is -0.870. The fourth-order valence-electron chi connectivity index (χ4n) is 2.38. The highest BCUT2D eigenvalue weighted by Gasteiger charge is 2.05. The molecule has 0 spiro atoms. The number of halogens is 2. The summed E-state index contributed by atoms with van der Waals surface area (Å²) in [6.07, 6.45) is 2.88. The van der Waals surface area contributed by atoms with Crippen LogP contribution in [0.5, 0.6) is 0 Å². The van der Waals surface area contributed by atoms with Crippen LogP contribution in [0.15, 0.2) is 28.6 Å². The van der Waals surface area contributed by atoms with Crippen LogP contribution >= 0.6 is 47.1 Å². The third kappa shape index (κ3) is 7.79. The van der Waals surface area contributed by atoms with E-state index in [0.717, 1.165) is 53.1 Å². The van der Waals surface area contributed by atoms with Gasteiger partial charge in [0.05, 0.1) is 17.2 Å². The van der Waals surface area contributed by atoms with E-state index in [1.807, 2.05) is 26.2 Å². The van der Waals surface area contributed by atoms with Crippen molar-refractivity contribution in [2.75, 3.05) is 19.3 Å². The van der Waals surface area contributed by atoms with Gasteiger partial charge in [-0.3, -0.25) is 0 Å². The van der Waals surface area contributed by atoms with E-state index in [4.69, 9.17) is 0 Å². The Labute approximate surface area is 180 Å². The molecule has 2 N–H and O–H groups in total. The summed E-state index contributed by atoms with van der Waals surface area (Å²) < 4.78 is 13.4. The fraction of sp³-hybridized carbons (Fsp3) is 0.444. The molecular formula is C18H26FIN4S2. The number of nitrogens with zero attached hydrogens (tertiary/aromatic N) is 2. The van der Waals surface area contributed by atoms with Crippen molar-refractivity contribution in [1.82, 2.24) is 15.6 Å². The molecule has 2 aromatic rings. The Morgan fingerprint density at radius 1 is 1.31 bits per heavy atom. The van der Waals surface area contributed by atoms with Gasteiger partial charge in [0.1, 0.15) is 5.82 Å². The highest BCUT2D eigenvalue weighted by atomic mass is 127. The standard InChI is InChI=1S/C18H25FN4S2.HI/c1-4-20-18(21-8-7-17-12-25-13(2)23-17)22-10-14-5-6-16(19)9-15(14)11-24-3;/h5-6,9,12H,4,7-8,10-11H2,1-3H3,(H2,20,21,22);1H. The predicted octanol–water partition coefficient (Wildman–Crippen LogP) is 4.37. The number of hydrogen-bond donors (Lipinski definition) is 2. The van der Waals surface area contributed by atoms with Crippen molar-refractivity contribution in [2.45, 2.75) is 32.6 Å². The zero-order valence-corrected chi connectivity index (χ0v) is 19.3. The smallest absolute Gasteiger partial charge is 0.191 e. The molecule has 144 valence electrons. The molecule has 0 saturated carbocycles. The van der Waals surface area contributed by atoms with Crippen LogP contribution in [-0.4, -0.2) is 30.3 Å². The number of aryl methyl sites for hydroxylation is 1. The maximum Gasteiger partial charge on any atom is 0.191 e. The van der Waals surface area contributed by atoms with Crippen molar-refractivity contribution in [2.24, 2.45) is 4.99 Å². The van der Waals surface area contributed by atoms with E-state index < -0.39 is 0 Å². The second-order valence-electron chi connectivity index (χ2n) is 5.58. The molecule has 2 rings (SSSR count). The largest absolute Gasteiger partial charge is 0.357 e. The lowest BCUT2D eigenvalue weighted by molar-refractivity contribution is 0.625. The SMILES string of the molecule is CCNC(=NCc1ccc(F)cc1CSC)NCCc1csc(C)n1.I. The van der Waals surface area contributed by atoms with Gasteiger partial charge in [-0.15, -0.1) is 35.3 Å². The molecule has 0 unspecified atom stereocenters. The maximum absolute atomic E-state index is 13.4. The predicted molar refractivity (Wildman–Crippen MR) is 122 cm³/mol. The number of thiazole rings is 1. The molecule has 0 fully saturated rings. The zero-order valence-electron chi connectivity index (χ0n) is 15.3. The molecule has 1 aromatic heterocycles. The third-order valence-electron chi connectivity index (χ3n) is 3.56. The van der Waals surface area contributed by atoms with E-state index in [-0.39, 0.29) is 29.8 Å². The van der Waals surface area contributed by atoms with Crippen LogP contribution in [0.25, 0.3) is 0 Å². The van der Waals surface area contributed by atoms with Crippen LogP contribution in [0, 0.1) is 12.7 Å². The highest BCUT2D eigenvalue weighted by Crippen LogP contribution is 2.17. The van der Waals surface area contributed by atoms with E-state index in [1.165, 1.54) is 6.07 Å². The number of rotatable bonds is 8. The number of aliphatic imine (C=N–C) groups is 1. The van der Waals surface area contributed by atoms with Crippen molar-refractivity contribution in [3.05, 3.63) is 51.2 Å². The second kappa shape index (κ2) is 12.5. The number of thioether (sulfide) groups is 1. The molecule has 0 aliphatic rings. The summed E-state index contributed by atoms with van der Waals surface area (Å²) in [6, 6.07) is 4.93. The summed E-state index contributed by atoms with van der Waals surface area (Å²) in [7, 11) is 0. The van der Waals surface area contributed by atoms with Gasteiger partial charge in [0.2, 0.25) is 0 Å². The summed E-state index contributed by atoms with van der Waals surface area (Å²) in [5, 5.41) is 9.77. The van der Waals surface area contributed by atoms with Crippen molar-refractivity contribution in [1.29, 1.82) is 0 Å². The monoisotopic (exact) mass is 508 g/mol. The Kier molecular flexibility index (Phi) is 11.1. The molecule has 0 saturated heterocycles. The quantitative estimate of drug-likeness (QED) is 0.316. The first kappa shape index (κ1) is 23.2. The van der Waals surface area contributed by atoms with Gasteiger partial charge in [-0.05, 0) is 43.4 Å². The van der Waals surface area contributed by atoms with Crippen LogP contribution < -0.4 is 10.6 Å². The summed E-state index contributed by atoms with van der Waals surface area (Å²) in [6.45, 7) is 6.15. The normalized spacial score (nSPS) is 11.2. The van der Waals surface area contributed by atoms with Crippen molar-refractivity contribution >= 4 is 53.0 Å². The fourth-order valence-corrected chi connectivity index (χ4v) is 3.60. The summed E-state index contributed by atoms with van der Waals surface area (Å²) >= 11 is 3.35. The number of nitrogens with one attached hydrogen (secondary N) is 2. The van der Waals surface area contributed by atoms with E-state index in [9.17, 15) is 4.39 Å². The van der Waals surface area contributed by atoms with E-state index >= 15 is 0 Å². The Morgan fingerprint density at radius 2 is 2.12 bits per heavy atom. The lowest BCUT2D eigenvalue weighted by atomic mass is 10.1. The Balaban J connectivity index is 0.00000338. The molecule has 0 aliphatic heterocycles.